The maximum atomic E-state index is 12.7. The second-order valence-corrected chi connectivity index (χ2v) is 3.46. The number of carbonyl (C=O) groups is 1. The Morgan fingerprint density at radius 2 is 2.07 bits per heavy atom. The van der Waals surface area contributed by atoms with Crippen molar-refractivity contribution in [2.45, 2.75) is 19.4 Å². The van der Waals surface area contributed by atoms with E-state index in [0.717, 1.165) is 5.56 Å². The van der Waals surface area contributed by atoms with Crippen molar-refractivity contribution in [3.05, 3.63) is 47.3 Å². The molecule has 1 aliphatic rings. The molecule has 0 aliphatic carbocycles. The minimum atomic E-state index is -0.283. The molecular weight excluding hydrogens is 195 g/mol. The molecule has 1 unspecified atom stereocenters. The zero-order valence-electron chi connectivity index (χ0n) is 8.37. The minimum absolute atomic E-state index is 0.260. The third kappa shape index (κ3) is 1.91. The van der Waals surface area contributed by atoms with Crippen LogP contribution in [-0.2, 0) is 9.53 Å². The zero-order valence-corrected chi connectivity index (χ0v) is 8.37. The minimum Gasteiger partial charge on any atom is -0.454 e. The lowest BCUT2D eigenvalue weighted by atomic mass is 10.0. The van der Waals surface area contributed by atoms with Gasteiger partial charge < -0.3 is 4.74 Å². The number of hydrogen-bond acceptors (Lipinski definition) is 2. The third-order valence-corrected chi connectivity index (χ3v) is 2.51. The maximum absolute atomic E-state index is 12.7. The van der Waals surface area contributed by atoms with E-state index >= 15 is 0 Å². The van der Waals surface area contributed by atoms with E-state index in [1.54, 1.807) is 18.2 Å². The van der Waals surface area contributed by atoms with E-state index in [2.05, 4.69) is 0 Å². The molecule has 3 heteroatoms. The first-order valence-electron chi connectivity index (χ1n) is 4.82. The summed E-state index contributed by atoms with van der Waals surface area (Å²) in [5.74, 6) is -0.554. The molecule has 0 spiro atoms. The molecule has 15 heavy (non-hydrogen) atoms. The predicted octanol–water partition coefficient (Wildman–Crippen LogP) is 2.76. The van der Waals surface area contributed by atoms with Crippen LogP contribution in [0.25, 0.3) is 0 Å². The molecule has 1 saturated heterocycles. The van der Waals surface area contributed by atoms with Gasteiger partial charge in [0.1, 0.15) is 11.9 Å². The summed E-state index contributed by atoms with van der Waals surface area (Å²) in [6.45, 7) is 1.81. The summed E-state index contributed by atoms with van der Waals surface area (Å²) >= 11 is 0. The normalized spacial score (nSPS) is 23.2. The van der Waals surface area contributed by atoms with Crippen LogP contribution >= 0.6 is 0 Å². The van der Waals surface area contributed by atoms with Crippen LogP contribution in [0.5, 0.6) is 0 Å². The van der Waals surface area contributed by atoms with Gasteiger partial charge in [0.2, 0.25) is 0 Å². The SMILES string of the molecule is C/C=C1/CC(c2ccc(F)cc2)OC1=O. The first-order chi connectivity index (χ1) is 7.20. The Morgan fingerprint density at radius 1 is 1.40 bits per heavy atom. The first-order valence-corrected chi connectivity index (χ1v) is 4.82. The van der Waals surface area contributed by atoms with Crippen LogP contribution in [0.4, 0.5) is 4.39 Å². The highest BCUT2D eigenvalue weighted by Crippen LogP contribution is 2.32. The molecule has 78 valence electrons. The number of benzene rings is 1. The number of allylic oxidation sites excluding steroid dienone is 1. The van der Waals surface area contributed by atoms with E-state index in [-0.39, 0.29) is 17.9 Å². The lowest BCUT2D eigenvalue weighted by Crippen LogP contribution is -1.98. The fourth-order valence-electron chi connectivity index (χ4n) is 1.63. The molecule has 1 aromatic rings. The average molecular weight is 206 g/mol. The van der Waals surface area contributed by atoms with Gasteiger partial charge in [0.15, 0.2) is 0 Å². The van der Waals surface area contributed by atoms with Crippen molar-refractivity contribution in [1.29, 1.82) is 0 Å². The van der Waals surface area contributed by atoms with Gasteiger partial charge in [-0.25, -0.2) is 9.18 Å². The van der Waals surface area contributed by atoms with Gasteiger partial charge in [-0.1, -0.05) is 18.2 Å². The number of rotatable bonds is 1. The van der Waals surface area contributed by atoms with E-state index in [0.29, 0.717) is 12.0 Å². The van der Waals surface area contributed by atoms with Crippen LogP contribution in [0.3, 0.4) is 0 Å². The van der Waals surface area contributed by atoms with Crippen molar-refractivity contribution in [3.8, 4) is 0 Å². The molecule has 1 aliphatic heterocycles. The van der Waals surface area contributed by atoms with E-state index < -0.39 is 0 Å². The highest BCUT2D eigenvalue weighted by Gasteiger charge is 2.29. The first kappa shape index (κ1) is 9.90. The molecule has 2 nitrogen and oxygen atoms in total. The molecule has 2 rings (SSSR count). The second-order valence-electron chi connectivity index (χ2n) is 3.46. The van der Waals surface area contributed by atoms with Gasteiger partial charge in [-0.05, 0) is 24.6 Å². The third-order valence-electron chi connectivity index (χ3n) is 2.51. The number of esters is 1. The predicted molar refractivity (Wildman–Crippen MR) is 53.6 cm³/mol. The quantitative estimate of drug-likeness (QED) is 0.521. The van der Waals surface area contributed by atoms with Crippen molar-refractivity contribution in [2.75, 3.05) is 0 Å². The summed E-state index contributed by atoms with van der Waals surface area (Å²) < 4.78 is 17.8. The van der Waals surface area contributed by atoms with Crippen molar-refractivity contribution in [1.82, 2.24) is 0 Å². The maximum Gasteiger partial charge on any atom is 0.334 e. The Morgan fingerprint density at radius 3 is 2.60 bits per heavy atom. The zero-order chi connectivity index (χ0) is 10.8. The van der Waals surface area contributed by atoms with Gasteiger partial charge in [0.05, 0.1) is 0 Å². The van der Waals surface area contributed by atoms with Gasteiger partial charge in [0, 0.05) is 12.0 Å². The van der Waals surface area contributed by atoms with Crippen molar-refractivity contribution < 1.29 is 13.9 Å². The number of carbonyl (C=O) groups excluding carboxylic acids is 1. The highest BCUT2D eigenvalue weighted by molar-refractivity contribution is 5.90. The Balaban J connectivity index is 2.21. The van der Waals surface area contributed by atoms with Crippen LogP contribution in [0.2, 0.25) is 0 Å². The van der Waals surface area contributed by atoms with Crippen LogP contribution in [0.1, 0.15) is 25.0 Å². The molecule has 0 radical (unpaired) electrons. The standard InChI is InChI=1S/C12H11FO2/c1-2-8-7-11(15-12(8)14)9-3-5-10(13)6-4-9/h2-6,11H,7H2,1H3/b8-2-. The lowest BCUT2D eigenvalue weighted by Gasteiger charge is -2.07. The van der Waals surface area contributed by atoms with E-state index in [4.69, 9.17) is 4.74 Å². The van der Waals surface area contributed by atoms with Gasteiger partial charge in [-0.15, -0.1) is 0 Å². The Labute approximate surface area is 87.4 Å². The van der Waals surface area contributed by atoms with Crippen LogP contribution in [0, 0.1) is 5.82 Å². The molecule has 0 N–H and O–H groups in total. The monoisotopic (exact) mass is 206 g/mol. The van der Waals surface area contributed by atoms with Gasteiger partial charge in [-0.2, -0.15) is 0 Å². The molecule has 0 saturated carbocycles. The Hall–Kier alpha value is -1.64. The summed E-state index contributed by atoms with van der Waals surface area (Å²) in [5, 5.41) is 0. The lowest BCUT2D eigenvalue weighted by molar-refractivity contribution is -0.139. The van der Waals surface area contributed by atoms with E-state index in [9.17, 15) is 9.18 Å². The molecule has 1 aromatic carbocycles. The number of hydrogen-bond donors (Lipinski definition) is 0. The second kappa shape index (κ2) is 3.85. The average Bonchev–Trinajstić information content (AvgIpc) is 2.61. The largest absolute Gasteiger partial charge is 0.454 e. The number of halogens is 1. The van der Waals surface area contributed by atoms with Crippen molar-refractivity contribution >= 4 is 5.97 Å². The van der Waals surface area contributed by atoms with Crippen LogP contribution in [-0.4, -0.2) is 5.97 Å². The summed E-state index contributed by atoms with van der Waals surface area (Å²) in [7, 11) is 0. The highest BCUT2D eigenvalue weighted by atomic mass is 19.1. The molecule has 0 aromatic heterocycles. The van der Waals surface area contributed by atoms with Gasteiger partial charge >= 0.3 is 5.97 Å². The van der Waals surface area contributed by atoms with E-state index in [1.165, 1.54) is 12.1 Å². The molecule has 1 heterocycles. The number of ether oxygens (including phenoxy) is 1. The fraction of sp³-hybridized carbons (Fsp3) is 0.250. The molecular formula is C12H11FO2. The van der Waals surface area contributed by atoms with Crippen LogP contribution < -0.4 is 0 Å². The summed E-state index contributed by atoms with van der Waals surface area (Å²) in [4.78, 5) is 11.3. The van der Waals surface area contributed by atoms with E-state index in [1.807, 2.05) is 6.92 Å². The molecule has 1 atom stereocenters. The van der Waals surface area contributed by atoms with Crippen LogP contribution in [0.15, 0.2) is 35.9 Å². The summed E-state index contributed by atoms with van der Waals surface area (Å²) in [6.07, 6.45) is 2.07. The fourth-order valence-corrected chi connectivity index (χ4v) is 1.63. The summed E-state index contributed by atoms with van der Waals surface area (Å²) in [6, 6.07) is 6.03. The molecule has 0 amide bonds. The number of cyclic esters (lactones) is 1. The van der Waals surface area contributed by atoms with Gasteiger partial charge in [-0.3, -0.25) is 0 Å². The Bertz CT molecular complexity index is 406. The molecule has 1 fully saturated rings. The summed E-state index contributed by atoms with van der Waals surface area (Å²) in [5.41, 5.74) is 1.52. The van der Waals surface area contributed by atoms with Gasteiger partial charge in [0.25, 0.3) is 0 Å². The van der Waals surface area contributed by atoms with Crippen molar-refractivity contribution in [2.24, 2.45) is 0 Å². The van der Waals surface area contributed by atoms with Crippen molar-refractivity contribution in [3.63, 3.8) is 0 Å². The molecule has 0 bridgehead atoms. The smallest absolute Gasteiger partial charge is 0.334 e. The Kier molecular flexibility index (Phi) is 2.54. The topological polar surface area (TPSA) is 26.3 Å².